The molecule has 4 N–H and O–H groups in total. The number of rotatable bonds is 6. The van der Waals surface area contributed by atoms with E-state index in [1.165, 1.54) is 12.1 Å². The van der Waals surface area contributed by atoms with Crippen molar-refractivity contribution in [1.82, 2.24) is 5.43 Å². The van der Waals surface area contributed by atoms with E-state index in [0.29, 0.717) is 19.4 Å². The molecule has 2 rings (SSSR count). The molecule has 2 aromatic carbocycles. The Morgan fingerprint density at radius 2 is 1.81 bits per heavy atom. The maximum Gasteiger partial charge on any atom is 0.233 e. The van der Waals surface area contributed by atoms with Gasteiger partial charge in [-0.05, 0) is 30.2 Å². The van der Waals surface area contributed by atoms with Crippen LogP contribution in [-0.2, 0) is 4.79 Å². The minimum atomic E-state index is -0.253. The Balaban J connectivity index is 2.03. The summed E-state index contributed by atoms with van der Waals surface area (Å²) >= 11 is 0. The molecule has 0 atom stereocenters. The number of hydrazine groups is 1. The summed E-state index contributed by atoms with van der Waals surface area (Å²) in [5.74, 6) is 4.60. The van der Waals surface area contributed by atoms with E-state index in [1.54, 1.807) is 12.1 Å². The Morgan fingerprint density at radius 3 is 2.52 bits per heavy atom. The van der Waals surface area contributed by atoms with Crippen LogP contribution in [0, 0.1) is 5.82 Å². The number of hydrogen-bond acceptors (Lipinski definition) is 3. The van der Waals surface area contributed by atoms with E-state index in [2.05, 4.69) is 10.7 Å². The number of carbonyl (C=O) groups is 1. The minimum Gasteiger partial charge on any atom is -0.385 e. The molecule has 0 saturated carbocycles. The number of para-hydroxylation sites is 1. The highest BCUT2D eigenvalue weighted by atomic mass is 19.1. The molecule has 0 aromatic heterocycles. The SMILES string of the molecule is NNC(=O)CCCNc1ccccc1-c1ccc(F)cc1. The van der Waals surface area contributed by atoms with Gasteiger partial charge in [-0.3, -0.25) is 10.2 Å². The first-order chi connectivity index (χ1) is 10.2. The minimum absolute atomic E-state index is 0.177. The average molecular weight is 287 g/mol. The van der Waals surface area contributed by atoms with Crippen LogP contribution in [0.2, 0.25) is 0 Å². The van der Waals surface area contributed by atoms with Gasteiger partial charge in [0.2, 0.25) is 5.91 Å². The molecule has 0 aliphatic carbocycles. The lowest BCUT2D eigenvalue weighted by atomic mass is 10.0. The van der Waals surface area contributed by atoms with Gasteiger partial charge in [0.05, 0.1) is 0 Å². The molecule has 110 valence electrons. The highest BCUT2D eigenvalue weighted by molar-refractivity contribution is 5.78. The fourth-order valence-corrected chi connectivity index (χ4v) is 2.06. The van der Waals surface area contributed by atoms with E-state index >= 15 is 0 Å². The van der Waals surface area contributed by atoms with Gasteiger partial charge in [-0.1, -0.05) is 30.3 Å². The van der Waals surface area contributed by atoms with Crippen molar-refractivity contribution in [3.05, 3.63) is 54.3 Å². The third-order valence-electron chi connectivity index (χ3n) is 3.14. The lowest BCUT2D eigenvalue weighted by Gasteiger charge is -2.12. The van der Waals surface area contributed by atoms with Gasteiger partial charge in [-0.2, -0.15) is 0 Å². The summed E-state index contributed by atoms with van der Waals surface area (Å²) in [6.07, 6.45) is 1.06. The Kier molecular flexibility index (Phi) is 5.29. The van der Waals surface area contributed by atoms with Crippen molar-refractivity contribution in [2.24, 2.45) is 5.84 Å². The van der Waals surface area contributed by atoms with E-state index in [4.69, 9.17) is 5.84 Å². The predicted octanol–water partition coefficient (Wildman–Crippen LogP) is 2.67. The van der Waals surface area contributed by atoms with Crippen molar-refractivity contribution in [2.45, 2.75) is 12.8 Å². The van der Waals surface area contributed by atoms with E-state index in [9.17, 15) is 9.18 Å². The highest BCUT2D eigenvalue weighted by Gasteiger charge is 2.05. The van der Waals surface area contributed by atoms with E-state index in [-0.39, 0.29) is 11.7 Å². The number of hydrogen-bond donors (Lipinski definition) is 3. The first-order valence-corrected chi connectivity index (χ1v) is 6.79. The van der Waals surface area contributed by atoms with E-state index in [0.717, 1.165) is 16.8 Å². The fraction of sp³-hybridized carbons (Fsp3) is 0.188. The van der Waals surface area contributed by atoms with Crippen molar-refractivity contribution >= 4 is 11.6 Å². The Bertz CT molecular complexity index is 599. The van der Waals surface area contributed by atoms with E-state index < -0.39 is 0 Å². The normalized spacial score (nSPS) is 10.2. The van der Waals surface area contributed by atoms with Gasteiger partial charge in [0, 0.05) is 24.2 Å². The molecule has 21 heavy (non-hydrogen) atoms. The number of benzene rings is 2. The molecule has 0 unspecified atom stereocenters. The lowest BCUT2D eigenvalue weighted by Crippen LogP contribution is -2.30. The third-order valence-corrected chi connectivity index (χ3v) is 3.14. The molecule has 0 heterocycles. The molecular formula is C16H18FN3O. The van der Waals surface area contributed by atoms with Gasteiger partial charge >= 0.3 is 0 Å². The number of amides is 1. The molecule has 4 nitrogen and oxygen atoms in total. The molecule has 0 aliphatic rings. The summed E-state index contributed by atoms with van der Waals surface area (Å²) in [6.45, 7) is 0.658. The number of anilines is 1. The van der Waals surface area contributed by atoms with Crippen LogP contribution in [-0.4, -0.2) is 12.5 Å². The second kappa shape index (κ2) is 7.40. The van der Waals surface area contributed by atoms with E-state index in [1.807, 2.05) is 24.3 Å². The Hall–Kier alpha value is -2.40. The van der Waals surface area contributed by atoms with Crippen molar-refractivity contribution in [2.75, 3.05) is 11.9 Å². The van der Waals surface area contributed by atoms with Gasteiger partial charge in [-0.25, -0.2) is 10.2 Å². The van der Waals surface area contributed by atoms with Crippen LogP contribution in [0.25, 0.3) is 11.1 Å². The summed E-state index contributed by atoms with van der Waals surface area (Å²) in [4.78, 5) is 11.0. The Morgan fingerprint density at radius 1 is 1.10 bits per heavy atom. The number of nitrogens with two attached hydrogens (primary N) is 1. The molecule has 0 saturated heterocycles. The summed E-state index contributed by atoms with van der Waals surface area (Å²) in [5.41, 5.74) is 5.00. The highest BCUT2D eigenvalue weighted by Crippen LogP contribution is 2.27. The maximum absolute atomic E-state index is 13.0. The molecule has 0 aliphatic heterocycles. The van der Waals surface area contributed by atoms with Crippen molar-refractivity contribution in [1.29, 1.82) is 0 Å². The lowest BCUT2D eigenvalue weighted by molar-refractivity contribution is -0.121. The summed E-state index contributed by atoms with van der Waals surface area (Å²) in [7, 11) is 0. The van der Waals surface area contributed by atoms with Crippen LogP contribution in [0.4, 0.5) is 10.1 Å². The molecule has 1 amide bonds. The maximum atomic E-state index is 13.0. The quantitative estimate of drug-likeness (QED) is 0.331. The summed E-state index contributed by atoms with van der Waals surface area (Å²) in [5, 5.41) is 3.29. The number of carbonyl (C=O) groups excluding carboxylic acids is 1. The Labute approximate surface area is 123 Å². The van der Waals surface area contributed by atoms with Crippen LogP contribution in [0.1, 0.15) is 12.8 Å². The van der Waals surface area contributed by atoms with Gasteiger partial charge in [0.25, 0.3) is 0 Å². The molecular weight excluding hydrogens is 269 g/mol. The standard InChI is InChI=1S/C16H18FN3O/c17-13-9-7-12(8-10-13)14-4-1-2-5-15(14)19-11-3-6-16(21)20-18/h1-2,4-5,7-10,19H,3,6,11,18H2,(H,20,21). The first kappa shape index (κ1) is 15.0. The van der Waals surface area contributed by atoms with Crippen molar-refractivity contribution in [3.8, 4) is 11.1 Å². The largest absolute Gasteiger partial charge is 0.385 e. The average Bonchev–Trinajstić information content (AvgIpc) is 2.52. The van der Waals surface area contributed by atoms with Gasteiger partial charge < -0.3 is 5.32 Å². The molecule has 2 aromatic rings. The van der Waals surface area contributed by atoms with Crippen LogP contribution in [0.3, 0.4) is 0 Å². The first-order valence-electron chi connectivity index (χ1n) is 6.79. The predicted molar refractivity (Wildman–Crippen MR) is 81.9 cm³/mol. The van der Waals surface area contributed by atoms with Crippen LogP contribution in [0.5, 0.6) is 0 Å². The zero-order valence-electron chi connectivity index (χ0n) is 11.6. The molecule has 0 spiro atoms. The second-order valence-electron chi connectivity index (χ2n) is 4.65. The monoisotopic (exact) mass is 287 g/mol. The third kappa shape index (κ3) is 4.29. The number of nitrogens with one attached hydrogen (secondary N) is 2. The summed E-state index contributed by atoms with van der Waals surface area (Å²) in [6, 6.07) is 14.2. The van der Waals surface area contributed by atoms with Crippen LogP contribution >= 0.6 is 0 Å². The molecule has 0 fully saturated rings. The van der Waals surface area contributed by atoms with Crippen LogP contribution in [0.15, 0.2) is 48.5 Å². The second-order valence-corrected chi connectivity index (χ2v) is 4.65. The molecule has 5 heteroatoms. The summed E-state index contributed by atoms with van der Waals surface area (Å²) < 4.78 is 13.0. The zero-order chi connectivity index (χ0) is 15.1. The zero-order valence-corrected chi connectivity index (χ0v) is 11.6. The van der Waals surface area contributed by atoms with Crippen molar-refractivity contribution in [3.63, 3.8) is 0 Å². The van der Waals surface area contributed by atoms with Gasteiger partial charge in [0.1, 0.15) is 5.82 Å². The van der Waals surface area contributed by atoms with Gasteiger partial charge in [-0.15, -0.1) is 0 Å². The van der Waals surface area contributed by atoms with Crippen LogP contribution < -0.4 is 16.6 Å². The van der Waals surface area contributed by atoms with Crippen molar-refractivity contribution < 1.29 is 9.18 Å². The number of halogens is 1. The smallest absolute Gasteiger partial charge is 0.233 e. The topological polar surface area (TPSA) is 67.1 Å². The van der Waals surface area contributed by atoms with Gasteiger partial charge in [0.15, 0.2) is 0 Å². The molecule has 0 radical (unpaired) electrons. The fourth-order valence-electron chi connectivity index (χ4n) is 2.06. The molecule has 0 bridgehead atoms.